The SMILES string of the molecule is CCCC(=O)N1CCC(OC(=O)c2ccc(NC(=O)Nc3ccccc3)cc2)CC1. The smallest absolute Gasteiger partial charge is 0.338 e. The minimum atomic E-state index is -0.395. The zero-order valence-corrected chi connectivity index (χ0v) is 17.1. The lowest BCUT2D eigenvalue weighted by Crippen LogP contribution is -2.41. The third kappa shape index (κ3) is 6.07. The van der Waals surface area contributed by atoms with Gasteiger partial charge in [0, 0.05) is 43.7 Å². The average molecular weight is 409 g/mol. The molecule has 30 heavy (non-hydrogen) atoms. The molecule has 0 unspecified atom stereocenters. The predicted octanol–water partition coefficient (Wildman–Crippen LogP) is 4.28. The molecule has 0 radical (unpaired) electrons. The van der Waals surface area contributed by atoms with E-state index in [-0.39, 0.29) is 18.0 Å². The molecule has 158 valence electrons. The maximum atomic E-state index is 12.4. The van der Waals surface area contributed by atoms with E-state index in [2.05, 4.69) is 10.6 Å². The number of rotatable bonds is 6. The number of nitrogens with zero attached hydrogens (tertiary/aromatic N) is 1. The number of para-hydroxylation sites is 1. The van der Waals surface area contributed by atoms with Crippen LogP contribution in [-0.2, 0) is 9.53 Å². The molecule has 7 nitrogen and oxygen atoms in total. The van der Waals surface area contributed by atoms with Crippen LogP contribution in [-0.4, -0.2) is 42.0 Å². The maximum Gasteiger partial charge on any atom is 0.338 e. The van der Waals surface area contributed by atoms with Crippen LogP contribution in [0.15, 0.2) is 54.6 Å². The first-order chi connectivity index (χ1) is 14.5. The molecule has 1 aliphatic rings. The van der Waals surface area contributed by atoms with E-state index < -0.39 is 5.97 Å². The van der Waals surface area contributed by atoms with E-state index in [4.69, 9.17) is 4.74 Å². The van der Waals surface area contributed by atoms with Crippen LogP contribution in [0.1, 0.15) is 43.0 Å². The van der Waals surface area contributed by atoms with Gasteiger partial charge < -0.3 is 20.3 Å². The lowest BCUT2D eigenvalue weighted by atomic mass is 10.1. The van der Waals surface area contributed by atoms with E-state index >= 15 is 0 Å². The molecular formula is C23H27N3O4. The lowest BCUT2D eigenvalue weighted by molar-refractivity contribution is -0.133. The fourth-order valence-electron chi connectivity index (χ4n) is 3.32. The van der Waals surface area contributed by atoms with Crippen LogP contribution in [0.5, 0.6) is 0 Å². The Balaban J connectivity index is 1.46. The lowest BCUT2D eigenvalue weighted by Gasteiger charge is -2.31. The van der Waals surface area contributed by atoms with E-state index in [9.17, 15) is 14.4 Å². The largest absolute Gasteiger partial charge is 0.459 e. The number of esters is 1. The van der Waals surface area contributed by atoms with Crippen LogP contribution in [0.25, 0.3) is 0 Å². The topological polar surface area (TPSA) is 87.7 Å². The van der Waals surface area contributed by atoms with Crippen molar-refractivity contribution in [3.05, 3.63) is 60.2 Å². The van der Waals surface area contributed by atoms with Crippen molar-refractivity contribution in [2.24, 2.45) is 0 Å². The number of likely N-dealkylation sites (tertiary alicyclic amines) is 1. The number of benzene rings is 2. The Morgan fingerprint density at radius 1 is 0.933 bits per heavy atom. The molecule has 1 fully saturated rings. The van der Waals surface area contributed by atoms with Gasteiger partial charge in [-0.25, -0.2) is 9.59 Å². The van der Waals surface area contributed by atoms with Crippen LogP contribution >= 0.6 is 0 Å². The molecule has 2 aromatic rings. The second kappa shape index (κ2) is 10.4. The quantitative estimate of drug-likeness (QED) is 0.697. The summed E-state index contributed by atoms with van der Waals surface area (Å²) in [7, 11) is 0. The first-order valence-electron chi connectivity index (χ1n) is 10.3. The van der Waals surface area contributed by atoms with Crippen molar-refractivity contribution in [1.82, 2.24) is 4.90 Å². The molecule has 1 heterocycles. The number of piperidine rings is 1. The van der Waals surface area contributed by atoms with Gasteiger partial charge in [-0.2, -0.15) is 0 Å². The fourth-order valence-corrected chi connectivity index (χ4v) is 3.32. The molecule has 2 N–H and O–H groups in total. The Kier molecular flexibility index (Phi) is 7.43. The number of anilines is 2. The third-order valence-electron chi connectivity index (χ3n) is 4.94. The van der Waals surface area contributed by atoms with Gasteiger partial charge in [-0.3, -0.25) is 4.79 Å². The van der Waals surface area contributed by atoms with Crippen molar-refractivity contribution in [2.45, 2.75) is 38.7 Å². The second-order valence-corrected chi connectivity index (χ2v) is 7.26. The molecule has 0 bridgehead atoms. The molecular weight excluding hydrogens is 382 g/mol. The van der Waals surface area contributed by atoms with Crippen LogP contribution in [0.2, 0.25) is 0 Å². The predicted molar refractivity (Wildman–Crippen MR) is 115 cm³/mol. The van der Waals surface area contributed by atoms with Crippen LogP contribution in [0.4, 0.5) is 16.2 Å². The number of hydrogen-bond acceptors (Lipinski definition) is 4. The first-order valence-corrected chi connectivity index (χ1v) is 10.3. The summed E-state index contributed by atoms with van der Waals surface area (Å²) in [5, 5.41) is 5.46. The van der Waals surface area contributed by atoms with E-state index in [1.807, 2.05) is 30.0 Å². The van der Waals surface area contributed by atoms with Crippen molar-refractivity contribution < 1.29 is 19.1 Å². The van der Waals surface area contributed by atoms with Gasteiger partial charge in [0.25, 0.3) is 0 Å². The number of hydrogen-bond donors (Lipinski definition) is 2. The van der Waals surface area contributed by atoms with Crippen molar-refractivity contribution in [1.29, 1.82) is 0 Å². The third-order valence-corrected chi connectivity index (χ3v) is 4.94. The second-order valence-electron chi connectivity index (χ2n) is 7.26. The zero-order valence-electron chi connectivity index (χ0n) is 17.1. The summed E-state index contributed by atoms with van der Waals surface area (Å²) < 4.78 is 5.59. The van der Waals surface area contributed by atoms with Gasteiger partial charge in [-0.1, -0.05) is 25.1 Å². The Labute approximate surface area is 176 Å². The van der Waals surface area contributed by atoms with Crippen molar-refractivity contribution >= 4 is 29.3 Å². The molecule has 7 heteroatoms. The first kappa shape index (κ1) is 21.4. The molecule has 0 aliphatic carbocycles. The molecule has 0 atom stereocenters. The molecule has 2 aromatic carbocycles. The van der Waals surface area contributed by atoms with Gasteiger partial charge >= 0.3 is 12.0 Å². The fraction of sp³-hybridized carbons (Fsp3) is 0.348. The summed E-state index contributed by atoms with van der Waals surface area (Å²) in [6.45, 7) is 3.23. The molecule has 1 aliphatic heterocycles. The number of nitrogens with one attached hydrogen (secondary N) is 2. The van der Waals surface area contributed by atoms with Crippen molar-refractivity contribution in [3.63, 3.8) is 0 Å². The molecule has 0 saturated carbocycles. The Morgan fingerprint density at radius 2 is 1.53 bits per heavy atom. The van der Waals surface area contributed by atoms with Crippen LogP contribution in [0.3, 0.4) is 0 Å². The number of amides is 3. The summed E-state index contributed by atoms with van der Waals surface area (Å²) in [4.78, 5) is 38.2. The van der Waals surface area contributed by atoms with Crippen molar-refractivity contribution in [3.8, 4) is 0 Å². The van der Waals surface area contributed by atoms with E-state index in [1.54, 1.807) is 36.4 Å². The Bertz CT molecular complexity index is 860. The molecule has 3 rings (SSSR count). The summed E-state index contributed by atoms with van der Waals surface area (Å²) in [6, 6.07) is 15.3. The summed E-state index contributed by atoms with van der Waals surface area (Å²) in [5.41, 5.74) is 1.69. The van der Waals surface area contributed by atoms with Crippen molar-refractivity contribution in [2.75, 3.05) is 23.7 Å². The number of ether oxygens (including phenoxy) is 1. The van der Waals surface area contributed by atoms with Gasteiger partial charge in [-0.05, 0) is 42.8 Å². The summed E-state index contributed by atoms with van der Waals surface area (Å²) >= 11 is 0. The Morgan fingerprint density at radius 3 is 2.13 bits per heavy atom. The summed E-state index contributed by atoms with van der Waals surface area (Å²) in [6.07, 6.45) is 2.53. The average Bonchev–Trinajstić information content (AvgIpc) is 2.75. The standard InChI is InChI=1S/C23H27N3O4/c1-2-6-21(27)26-15-13-20(14-16-26)30-22(28)17-9-11-19(12-10-17)25-23(29)24-18-7-4-3-5-8-18/h3-5,7-12,20H,2,6,13-16H2,1H3,(H2,24,25,29). The zero-order chi connectivity index (χ0) is 21.3. The maximum absolute atomic E-state index is 12.4. The van der Waals surface area contributed by atoms with Gasteiger partial charge in [0.15, 0.2) is 0 Å². The van der Waals surface area contributed by atoms with Gasteiger partial charge in [0.2, 0.25) is 5.91 Å². The highest BCUT2D eigenvalue weighted by Crippen LogP contribution is 2.18. The highest BCUT2D eigenvalue weighted by molar-refractivity contribution is 6.00. The summed E-state index contributed by atoms with van der Waals surface area (Å²) in [5.74, 6) is -0.227. The van der Waals surface area contributed by atoms with Crippen LogP contribution in [0, 0.1) is 0 Å². The Hall–Kier alpha value is -3.35. The van der Waals surface area contributed by atoms with Gasteiger partial charge in [-0.15, -0.1) is 0 Å². The molecule has 3 amide bonds. The highest BCUT2D eigenvalue weighted by Gasteiger charge is 2.25. The normalized spacial score (nSPS) is 14.1. The highest BCUT2D eigenvalue weighted by atomic mass is 16.5. The minimum Gasteiger partial charge on any atom is -0.459 e. The van der Waals surface area contributed by atoms with E-state index in [1.165, 1.54) is 0 Å². The number of carbonyl (C=O) groups is 3. The molecule has 0 spiro atoms. The van der Waals surface area contributed by atoms with Gasteiger partial charge in [0.1, 0.15) is 6.10 Å². The molecule has 0 aromatic heterocycles. The van der Waals surface area contributed by atoms with Gasteiger partial charge in [0.05, 0.1) is 5.56 Å². The monoisotopic (exact) mass is 409 g/mol. The molecule has 1 saturated heterocycles. The van der Waals surface area contributed by atoms with Crippen LogP contribution < -0.4 is 10.6 Å². The van der Waals surface area contributed by atoms with E-state index in [0.717, 1.165) is 6.42 Å². The van der Waals surface area contributed by atoms with E-state index in [0.29, 0.717) is 49.3 Å². The number of urea groups is 1. The minimum absolute atomic E-state index is 0.168. The number of carbonyl (C=O) groups excluding carboxylic acids is 3.